The Morgan fingerprint density at radius 3 is 2.70 bits per heavy atom. The third-order valence-electron chi connectivity index (χ3n) is 5.37. The van der Waals surface area contributed by atoms with Gasteiger partial charge in [0.2, 0.25) is 4.96 Å². The minimum Gasteiger partial charge on any atom is -0.493 e. The lowest BCUT2D eigenvalue weighted by Gasteiger charge is -2.10. The van der Waals surface area contributed by atoms with Crippen molar-refractivity contribution in [1.29, 1.82) is 0 Å². The second kappa shape index (κ2) is 10.8. The molecule has 0 spiro atoms. The van der Waals surface area contributed by atoms with E-state index in [9.17, 15) is 4.79 Å². The number of nitrogens with zero attached hydrogens (tertiary/aromatic N) is 3. The zero-order valence-corrected chi connectivity index (χ0v) is 22.2. The summed E-state index contributed by atoms with van der Waals surface area (Å²) in [5.41, 5.74) is 1.34. The third-order valence-corrected chi connectivity index (χ3v) is 6.88. The number of rotatable bonds is 8. The highest BCUT2D eigenvalue weighted by Crippen LogP contribution is 2.32. The van der Waals surface area contributed by atoms with E-state index in [1.807, 2.05) is 31.2 Å². The van der Waals surface area contributed by atoms with Crippen LogP contribution in [0.5, 0.6) is 11.5 Å². The highest BCUT2D eigenvalue weighted by molar-refractivity contribution is 7.15. The van der Waals surface area contributed by atoms with Crippen LogP contribution in [0.3, 0.4) is 0 Å². The summed E-state index contributed by atoms with van der Waals surface area (Å²) in [5.74, 6) is 2.87. The smallest absolute Gasteiger partial charge is 0.291 e. The summed E-state index contributed by atoms with van der Waals surface area (Å²) in [4.78, 5) is 17.9. The molecule has 0 aliphatic carbocycles. The lowest BCUT2D eigenvalue weighted by Crippen LogP contribution is -2.23. The molecule has 2 aromatic carbocycles. The summed E-state index contributed by atoms with van der Waals surface area (Å²) in [6.07, 6.45) is 6.18. The van der Waals surface area contributed by atoms with Crippen LogP contribution in [0.15, 0.2) is 57.7 Å². The van der Waals surface area contributed by atoms with Crippen LogP contribution in [-0.2, 0) is 0 Å². The summed E-state index contributed by atoms with van der Waals surface area (Å²) in [5, 5.41) is 5.37. The molecule has 37 heavy (non-hydrogen) atoms. The molecule has 0 radical (unpaired) electrons. The molecule has 0 saturated carbocycles. The molecular formula is C27H21Cl2N3O4S. The number of furan rings is 1. The van der Waals surface area contributed by atoms with Gasteiger partial charge in [-0.05, 0) is 60.5 Å². The second-order valence-corrected chi connectivity index (χ2v) is 9.85. The van der Waals surface area contributed by atoms with Crippen molar-refractivity contribution in [3.05, 3.63) is 90.6 Å². The average molecular weight is 554 g/mol. The second-order valence-electron chi connectivity index (χ2n) is 8.00. The number of ether oxygens (including phenoxy) is 2. The first kappa shape index (κ1) is 25.1. The Morgan fingerprint density at radius 1 is 1.08 bits per heavy atom. The Kier molecular flexibility index (Phi) is 7.32. The summed E-state index contributed by atoms with van der Waals surface area (Å²) in [6, 6.07) is 14.4. The number of halogens is 2. The van der Waals surface area contributed by atoms with Gasteiger partial charge in [0, 0.05) is 16.7 Å². The summed E-state index contributed by atoms with van der Waals surface area (Å²) >= 11 is 13.5. The predicted octanol–water partition coefficient (Wildman–Crippen LogP) is 6.23. The fourth-order valence-corrected chi connectivity index (χ4v) is 5.00. The molecule has 3 heterocycles. The maximum absolute atomic E-state index is 12.9. The van der Waals surface area contributed by atoms with Gasteiger partial charge >= 0.3 is 0 Å². The number of aromatic nitrogens is 3. The Balaban J connectivity index is 1.37. The minimum atomic E-state index is -0.270. The molecule has 0 saturated heterocycles. The fraction of sp³-hybridized carbons (Fsp3) is 0.148. The Bertz CT molecular complexity index is 1720. The molecule has 5 rings (SSSR count). The van der Waals surface area contributed by atoms with Gasteiger partial charge < -0.3 is 13.9 Å². The van der Waals surface area contributed by atoms with E-state index in [0.29, 0.717) is 60.6 Å². The summed E-state index contributed by atoms with van der Waals surface area (Å²) < 4.78 is 18.8. The standard InChI is InChI=1S/C27H21Cl2N3O4S/c1-3-12-35-22-9-4-16(13-23(22)34-2)5-11-25-30-27-32(31-25)26(33)24(37-27)15-18-7-10-21(36-18)19-8-6-17(28)14-20(19)29/h4-11,13-15H,3,12H2,1-2H3/b11-5+,24-15-. The molecule has 0 amide bonds. The van der Waals surface area contributed by atoms with Crippen molar-refractivity contribution >= 4 is 57.7 Å². The highest BCUT2D eigenvalue weighted by Gasteiger charge is 2.12. The molecule has 0 aliphatic heterocycles. The lowest BCUT2D eigenvalue weighted by atomic mass is 10.2. The maximum Gasteiger partial charge on any atom is 0.291 e. The van der Waals surface area contributed by atoms with Crippen LogP contribution in [0.2, 0.25) is 10.0 Å². The molecule has 0 N–H and O–H groups in total. The van der Waals surface area contributed by atoms with Crippen molar-refractivity contribution in [1.82, 2.24) is 14.6 Å². The largest absolute Gasteiger partial charge is 0.493 e. The van der Waals surface area contributed by atoms with E-state index >= 15 is 0 Å². The molecular weight excluding hydrogens is 533 g/mol. The van der Waals surface area contributed by atoms with Crippen LogP contribution in [0.4, 0.5) is 0 Å². The van der Waals surface area contributed by atoms with Crippen LogP contribution in [0, 0.1) is 0 Å². The third kappa shape index (κ3) is 5.41. The first-order chi connectivity index (χ1) is 17.9. The van der Waals surface area contributed by atoms with Crippen LogP contribution in [-0.4, -0.2) is 28.3 Å². The zero-order chi connectivity index (χ0) is 25.9. The van der Waals surface area contributed by atoms with E-state index in [1.54, 1.807) is 49.6 Å². The van der Waals surface area contributed by atoms with Gasteiger partial charge in [-0.15, -0.1) is 5.10 Å². The first-order valence-corrected chi connectivity index (χ1v) is 13.0. The van der Waals surface area contributed by atoms with Gasteiger partial charge in [-0.3, -0.25) is 4.79 Å². The van der Waals surface area contributed by atoms with Crippen LogP contribution < -0.4 is 19.6 Å². The molecule has 0 unspecified atom stereocenters. The van der Waals surface area contributed by atoms with E-state index < -0.39 is 0 Å². The number of methoxy groups -OCH3 is 1. The summed E-state index contributed by atoms with van der Waals surface area (Å²) in [7, 11) is 1.60. The van der Waals surface area contributed by atoms with Crippen molar-refractivity contribution in [2.45, 2.75) is 13.3 Å². The van der Waals surface area contributed by atoms with Crippen molar-refractivity contribution in [2.24, 2.45) is 0 Å². The first-order valence-electron chi connectivity index (χ1n) is 11.4. The number of hydrogen-bond acceptors (Lipinski definition) is 7. The quantitative estimate of drug-likeness (QED) is 0.226. The number of benzene rings is 2. The van der Waals surface area contributed by atoms with Crippen molar-refractivity contribution in [3.8, 4) is 22.8 Å². The molecule has 3 aromatic heterocycles. The van der Waals surface area contributed by atoms with Gasteiger partial charge in [0.05, 0.1) is 18.7 Å². The number of thiazole rings is 1. The molecule has 5 aromatic rings. The van der Waals surface area contributed by atoms with Gasteiger partial charge in [-0.2, -0.15) is 9.50 Å². The van der Waals surface area contributed by atoms with Gasteiger partial charge in [-0.25, -0.2) is 0 Å². The number of fused-ring (bicyclic) bond motifs is 1. The van der Waals surface area contributed by atoms with Crippen LogP contribution in [0.25, 0.3) is 34.5 Å². The average Bonchev–Trinajstić information content (AvgIpc) is 3.59. The molecule has 0 fully saturated rings. The van der Waals surface area contributed by atoms with E-state index in [1.165, 1.54) is 15.9 Å². The molecule has 0 bridgehead atoms. The van der Waals surface area contributed by atoms with Gasteiger partial charge in [-0.1, -0.05) is 53.6 Å². The lowest BCUT2D eigenvalue weighted by molar-refractivity contribution is 0.294. The fourth-order valence-electron chi connectivity index (χ4n) is 3.60. The summed E-state index contributed by atoms with van der Waals surface area (Å²) in [6.45, 7) is 2.67. The van der Waals surface area contributed by atoms with E-state index in [4.69, 9.17) is 37.1 Å². The van der Waals surface area contributed by atoms with Crippen LogP contribution in [0.1, 0.15) is 30.5 Å². The van der Waals surface area contributed by atoms with Crippen LogP contribution >= 0.6 is 34.5 Å². The Hall–Kier alpha value is -3.59. The SMILES string of the molecule is CCCOc1ccc(/C=C/c2nc3s/c(=C\c4ccc(-c5ccc(Cl)cc5Cl)o4)c(=O)n3n2)cc1OC. The Morgan fingerprint density at radius 2 is 1.95 bits per heavy atom. The van der Waals surface area contributed by atoms with Gasteiger partial charge in [0.1, 0.15) is 16.1 Å². The minimum absolute atomic E-state index is 0.270. The molecule has 0 atom stereocenters. The Labute approximate surface area is 226 Å². The van der Waals surface area contributed by atoms with Crippen molar-refractivity contribution in [2.75, 3.05) is 13.7 Å². The van der Waals surface area contributed by atoms with E-state index in [0.717, 1.165) is 12.0 Å². The topological polar surface area (TPSA) is 78.9 Å². The molecule has 188 valence electrons. The van der Waals surface area contributed by atoms with Crippen molar-refractivity contribution in [3.63, 3.8) is 0 Å². The molecule has 10 heteroatoms. The van der Waals surface area contributed by atoms with E-state index in [2.05, 4.69) is 10.1 Å². The highest BCUT2D eigenvalue weighted by atomic mass is 35.5. The normalized spacial score (nSPS) is 12.2. The van der Waals surface area contributed by atoms with Crippen molar-refractivity contribution < 1.29 is 13.9 Å². The number of hydrogen-bond donors (Lipinski definition) is 0. The van der Waals surface area contributed by atoms with Gasteiger partial charge in [0.25, 0.3) is 5.56 Å². The van der Waals surface area contributed by atoms with E-state index in [-0.39, 0.29) is 5.56 Å². The zero-order valence-electron chi connectivity index (χ0n) is 19.9. The maximum atomic E-state index is 12.9. The van der Waals surface area contributed by atoms with Gasteiger partial charge in [0.15, 0.2) is 17.3 Å². The molecule has 0 aliphatic rings. The monoisotopic (exact) mass is 553 g/mol. The predicted molar refractivity (Wildman–Crippen MR) is 148 cm³/mol. The molecule has 7 nitrogen and oxygen atoms in total.